The zero-order valence-electron chi connectivity index (χ0n) is 18.7. The number of nitrogens with zero attached hydrogens (tertiary/aromatic N) is 2. The summed E-state index contributed by atoms with van der Waals surface area (Å²) >= 11 is 0. The number of alkyl halides is 3. The second-order valence-electron chi connectivity index (χ2n) is 7.62. The first kappa shape index (κ1) is 24.0. The van der Waals surface area contributed by atoms with Crippen LogP contribution in [-0.2, 0) is 4.74 Å². The number of fused-ring (bicyclic) bond motifs is 1. The molecule has 0 bridgehead atoms. The van der Waals surface area contributed by atoms with Crippen LogP contribution < -0.4 is 26.8 Å². The second kappa shape index (κ2) is 10.4. The molecule has 5 N–H and O–H groups in total. The third-order valence-corrected chi connectivity index (χ3v) is 5.06. The number of carbonyl (C=O) groups is 1. The monoisotopic (exact) mass is 487 g/mol. The summed E-state index contributed by atoms with van der Waals surface area (Å²) < 4.78 is 43.8. The summed E-state index contributed by atoms with van der Waals surface area (Å²) in [6.07, 6.45) is 2.96. The minimum Gasteiger partial charge on any atom is -0.383 e. The first-order chi connectivity index (χ1) is 16.8. The predicted octanol–water partition coefficient (Wildman–Crippen LogP) is 3.21. The Hall–Kier alpha value is -4.19. The molecular weight excluding hydrogens is 463 g/mol. The fourth-order valence-electron chi connectivity index (χ4n) is 3.42. The largest absolute Gasteiger partial charge is 0.405 e. The summed E-state index contributed by atoms with van der Waals surface area (Å²) in [6.45, 7) is -0.132. The molecule has 12 heteroatoms. The van der Waals surface area contributed by atoms with Gasteiger partial charge in [0.1, 0.15) is 18.0 Å². The predicted molar refractivity (Wildman–Crippen MR) is 126 cm³/mol. The number of urea groups is 1. The minimum absolute atomic E-state index is 0.359. The Kier molecular flexibility index (Phi) is 7.11. The topological polar surface area (TPSA) is 104 Å². The van der Waals surface area contributed by atoms with Crippen molar-refractivity contribution in [3.63, 3.8) is 0 Å². The number of ether oxygens (including phenoxy) is 1. The van der Waals surface area contributed by atoms with E-state index in [9.17, 15) is 18.0 Å². The lowest BCUT2D eigenvalue weighted by atomic mass is 10.1. The molecule has 9 nitrogen and oxygen atoms in total. The number of aromatic nitrogens is 2. The van der Waals surface area contributed by atoms with Crippen LogP contribution >= 0.6 is 0 Å². The number of rotatable bonds is 8. The fourth-order valence-corrected chi connectivity index (χ4v) is 3.42. The van der Waals surface area contributed by atoms with E-state index in [0.29, 0.717) is 24.5 Å². The van der Waals surface area contributed by atoms with E-state index in [1.165, 1.54) is 0 Å². The Morgan fingerprint density at radius 1 is 1.14 bits per heavy atom. The quantitative estimate of drug-likeness (QED) is 0.313. The van der Waals surface area contributed by atoms with Gasteiger partial charge in [0, 0.05) is 36.7 Å². The van der Waals surface area contributed by atoms with Gasteiger partial charge >= 0.3 is 12.2 Å². The summed E-state index contributed by atoms with van der Waals surface area (Å²) in [4.78, 5) is 16.3. The zero-order chi connectivity index (χ0) is 24.8. The maximum atomic E-state index is 12.3. The SMILES string of the molecule is COCCNC1=CC=C(c2ccn3c(-c4cccc(NC(=O)NCC(F)(F)F)c4)cnc3c2)NN1. The summed E-state index contributed by atoms with van der Waals surface area (Å²) in [5.41, 5.74) is 10.6. The Labute approximate surface area is 199 Å². The molecule has 0 spiro atoms. The molecule has 2 aromatic heterocycles. The van der Waals surface area contributed by atoms with Crippen molar-refractivity contribution in [3.8, 4) is 11.3 Å². The molecule has 184 valence electrons. The lowest BCUT2D eigenvalue weighted by molar-refractivity contribution is -0.122. The Balaban J connectivity index is 1.48. The molecule has 0 saturated heterocycles. The van der Waals surface area contributed by atoms with Crippen molar-refractivity contribution in [2.45, 2.75) is 6.18 Å². The molecule has 1 aliphatic rings. The van der Waals surface area contributed by atoms with Crippen molar-refractivity contribution < 1.29 is 22.7 Å². The van der Waals surface area contributed by atoms with Gasteiger partial charge in [-0.3, -0.25) is 15.3 Å². The number of amides is 2. The van der Waals surface area contributed by atoms with Gasteiger partial charge in [-0.25, -0.2) is 9.78 Å². The molecule has 0 unspecified atom stereocenters. The molecule has 1 aromatic carbocycles. The third-order valence-electron chi connectivity index (χ3n) is 5.06. The van der Waals surface area contributed by atoms with E-state index in [0.717, 1.165) is 28.3 Å². The standard InChI is InChI=1S/C23H24F3N7O2/c1-35-10-8-27-20-6-5-18(31-32-20)15-7-9-33-19(13-28-21(33)12-15)16-3-2-4-17(11-16)30-22(34)29-14-23(24,25)26/h2-7,9,11-13,27,31-32H,8,10,14H2,1H3,(H2,29,30,34). The van der Waals surface area contributed by atoms with Gasteiger partial charge in [0.25, 0.3) is 0 Å². The molecule has 0 saturated carbocycles. The molecule has 0 fully saturated rings. The molecule has 35 heavy (non-hydrogen) atoms. The molecule has 0 atom stereocenters. The molecule has 3 heterocycles. The molecule has 2 amide bonds. The Morgan fingerprint density at radius 2 is 2.00 bits per heavy atom. The van der Waals surface area contributed by atoms with Crippen LogP contribution in [0.25, 0.3) is 22.6 Å². The molecule has 0 radical (unpaired) electrons. The van der Waals surface area contributed by atoms with Gasteiger partial charge in [-0.1, -0.05) is 12.1 Å². The van der Waals surface area contributed by atoms with Gasteiger partial charge < -0.3 is 20.7 Å². The van der Waals surface area contributed by atoms with E-state index in [-0.39, 0.29) is 0 Å². The number of hydrazine groups is 1. The summed E-state index contributed by atoms with van der Waals surface area (Å²) in [5, 5.41) is 7.40. The molecule has 1 aliphatic heterocycles. The van der Waals surface area contributed by atoms with E-state index in [1.54, 1.807) is 36.8 Å². The van der Waals surface area contributed by atoms with E-state index >= 15 is 0 Å². The van der Waals surface area contributed by atoms with Crippen LogP contribution in [0.1, 0.15) is 5.56 Å². The lowest BCUT2D eigenvalue weighted by Crippen LogP contribution is -2.39. The molecule has 3 aromatic rings. The van der Waals surface area contributed by atoms with Crippen LogP contribution in [0.3, 0.4) is 0 Å². The number of halogens is 3. The number of anilines is 1. The Bertz CT molecular complexity index is 1270. The van der Waals surface area contributed by atoms with Crippen LogP contribution in [0.2, 0.25) is 0 Å². The fraction of sp³-hybridized carbons (Fsp3) is 0.217. The molecule has 0 aliphatic carbocycles. The van der Waals surface area contributed by atoms with Gasteiger partial charge in [0.05, 0.1) is 24.2 Å². The van der Waals surface area contributed by atoms with E-state index in [1.807, 2.05) is 40.9 Å². The van der Waals surface area contributed by atoms with Crippen molar-refractivity contribution in [3.05, 3.63) is 72.3 Å². The molecular formula is C23H24F3N7O2. The smallest absolute Gasteiger partial charge is 0.383 e. The lowest BCUT2D eigenvalue weighted by Gasteiger charge is -2.20. The average molecular weight is 487 g/mol. The number of imidazole rings is 1. The van der Waals surface area contributed by atoms with Crippen molar-refractivity contribution in [2.24, 2.45) is 0 Å². The van der Waals surface area contributed by atoms with Crippen molar-refractivity contribution >= 4 is 23.1 Å². The van der Waals surface area contributed by atoms with Crippen LogP contribution in [0.5, 0.6) is 0 Å². The maximum Gasteiger partial charge on any atom is 0.405 e. The summed E-state index contributed by atoms with van der Waals surface area (Å²) in [5.74, 6) is 0.829. The highest BCUT2D eigenvalue weighted by atomic mass is 19.4. The van der Waals surface area contributed by atoms with Crippen LogP contribution in [0, 0.1) is 0 Å². The van der Waals surface area contributed by atoms with Gasteiger partial charge in [0.15, 0.2) is 0 Å². The highest BCUT2D eigenvalue weighted by Crippen LogP contribution is 2.25. The van der Waals surface area contributed by atoms with Crippen molar-refractivity contribution in [1.82, 2.24) is 30.9 Å². The number of hydrogen-bond donors (Lipinski definition) is 5. The number of benzene rings is 1. The van der Waals surface area contributed by atoms with Crippen LogP contribution in [0.15, 0.2) is 66.8 Å². The maximum absolute atomic E-state index is 12.3. The van der Waals surface area contributed by atoms with E-state index in [2.05, 4.69) is 26.5 Å². The van der Waals surface area contributed by atoms with Gasteiger partial charge in [-0.2, -0.15) is 13.2 Å². The van der Waals surface area contributed by atoms with Crippen LogP contribution in [0.4, 0.5) is 23.7 Å². The van der Waals surface area contributed by atoms with Crippen molar-refractivity contribution in [1.29, 1.82) is 0 Å². The normalized spacial score (nSPS) is 13.4. The van der Waals surface area contributed by atoms with Gasteiger partial charge in [-0.05, 0) is 36.4 Å². The van der Waals surface area contributed by atoms with E-state index in [4.69, 9.17) is 4.74 Å². The zero-order valence-corrected chi connectivity index (χ0v) is 18.7. The number of nitrogens with one attached hydrogen (secondary N) is 5. The number of carbonyl (C=O) groups excluding carboxylic acids is 1. The average Bonchev–Trinajstić information content (AvgIpc) is 3.26. The van der Waals surface area contributed by atoms with Crippen molar-refractivity contribution in [2.75, 3.05) is 32.1 Å². The summed E-state index contributed by atoms with van der Waals surface area (Å²) in [6, 6.07) is 9.72. The number of methoxy groups -OCH3 is 1. The van der Waals surface area contributed by atoms with Gasteiger partial charge in [0.2, 0.25) is 0 Å². The summed E-state index contributed by atoms with van der Waals surface area (Å²) in [7, 11) is 1.65. The number of hydrogen-bond acceptors (Lipinski definition) is 6. The number of pyridine rings is 1. The highest BCUT2D eigenvalue weighted by Gasteiger charge is 2.27. The minimum atomic E-state index is -4.48. The highest BCUT2D eigenvalue weighted by molar-refractivity contribution is 5.90. The van der Waals surface area contributed by atoms with Gasteiger partial charge in [-0.15, -0.1) is 0 Å². The first-order valence-electron chi connectivity index (χ1n) is 10.7. The molecule has 4 rings (SSSR count). The first-order valence-corrected chi connectivity index (χ1v) is 10.7. The third kappa shape index (κ3) is 6.23. The second-order valence-corrected chi connectivity index (χ2v) is 7.62. The Morgan fingerprint density at radius 3 is 2.74 bits per heavy atom. The van der Waals surface area contributed by atoms with E-state index < -0.39 is 18.8 Å². The van der Waals surface area contributed by atoms with Crippen LogP contribution in [-0.4, -0.2) is 48.4 Å². The number of allylic oxidation sites excluding steroid dienone is 2.